The average Bonchev–Trinajstić information content (AvgIpc) is 3.17. The highest BCUT2D eigenvalue weighted by molar-refractivity contribution is 7.22. The molecule has 8 heteroatoms. The van der Waals surface area contributed by atoms with Gasteiger partial charge < -0.3 is 19.7 Å². The number of hydrogen-bond acceptors (Lipinski definition) is 7. The van der Waals surface area contributed by atoms with Crippen molar-refractivity contribution < 1.29 is 14.3 Å². The van der Waals surface area contributed by atoms with E-state index in [1.807, 2.05) is 18.2 Å². The maximum Gasteiger partial charge on any atom is 0.257 e. The molecule has 0 radical (unpaired) electrons. The van der Waals surface area contributed by atoms with Gasteiger partial charge in [0.2, 0.25) is 11.8 Å². The molecule has 1 saturated heterocycles. The van der Waals surface area contributed by atoms with Crippen molar-refractivity contribution in [1.82, 2.24) is 15.3 Å². The van der Waals surface area contributed by atoms with Crippen LogP contribution in [-0.2, 0) is 0 Å². The minimum absolute atomic E-state index is 0.0417. The molecule has 0 unspecified atom stereocenters. The molecule has 2 aromatic heterocycles. The summed E-state index contributed by atoms with van der Waals surface area (Å²) in [6.45, 7) is 1.68. The zero-order valence-electron chi connectivity index (χ0n) is 15.8. The molecule has 0 spiro atoms. The number of thiazole rings is 1. The molecular formula is C20H22N4O3S. The molecule has 3 heterocycles. The minimum atomic E-state index is -0.192. The van der Waals surface area contributed by atoms with E-state index in [0.717, 1.165) is 36.6 Å². The fraction of sp³-hybridized carbons (Fsp3) is 0.350. The smallest absolute Gasteiger partial charge is 0.257 e. The molecule has 0 aliphatic carbocycles. The summed E-state index contributed by atoms with van der Waals surface area (Å²) >= 11 is 1.69. The summed E-state index contributed by atoms with van der Waals surface area (Å²) in [6, 6.07) is 11.5. The number of piperidine rings is 1. The van der Waals surface area contributed by atoms with Gasteiger partial charge in [0, 0.05) is 25.2 Å². The first-order chi connectivity index (χ1) is 13.7. The van der Waals surface area contributed by atoms with Crippen molar-refractivity contribution in [2.75, 3.05) is 32.2 Å². The van der Waals surface area contributed by atoms with E-state index in [2.05, 4.69) is 21.3 Å². The van der Waals surface area contributed by atoms with Gasteiger partial charge in [0.15, 0.2) is 5.13 Å². The van der Waals surface area contributed by atoms with E-state index in [-0.39, 0.29) is 17.8 Å². The number of benzene rings is 1. The number of anilines is 1. The summed E-state index contributed by atoms with van der Waals surface area (Å²) in [5, 5.41) is 4.12. The zero-order chi connectivity index (χ0) is 19.5. The van der Waals surface area contributed by atoms with Crippen LogP contribution in [0.25, 0.3) is 10.2 Å². The second-order valence-corrected chi connectivity index (χ2v) is 7.64. The van der Waals surface area contributed by atoms with Crippen LogP contribution in [0.1, 0.15) is 23.2 Å². The molecule has 1 aromatic carbocycles. The van der Waals surface area contributed by atoms with Gasteiger partial charge in [0.25, 0.3) is 5.91 Å². The molecule has 1 aliphatic rings. The van der Waals surface area contributed by atoms with Gasteiger partial charge in [0.05, 0.1) is 24.4 Å². The molecule has 0 saturated carbocycles. The lowest BCUT2D eigenvalue weighted by atomic mass is 10.1. The maximum atomic E-state index is 12.8. The monoisotopic (exact) mass is 398 g/mol. The third kappa shape index (κ3) is 3.73. The van der Waals surface area contributed by atoms with Crippen molar-refractivity contribution >= 4 is 32.6 Å². The van der Waals surface area contributed by atoms with Crippen molar-refractivity contribution in [1.29, 1.82) is 0 Å². The second-order valence-electron chi connectivity index (χ2n) is 6.63. The molecule has 1 fully saturated rings. The van der Waals surface area contributed by atoms with Gasteiger partial charge in [-0.3, -0.25) is 4.79 Å². The first-order valence-electron chi connectivity index (χ1n) is 9.18. The number of aromatic nitrogens is 2. The number of rotatable bonds is 5. The van der Waals surface area contributed by atoms with Crippen molar-refractivity contribution in [3.05, 3.63) is 42.0 Å². The Morgan fingerprint density at radius 2 is 2.04 bits per heavy atom. The Bertz CT molecular complexity index is 957. The topological polar surface area (TPSA) is 76.6 Å². The Hall–Kier alpha value is -2.87. The SMILES string of the molecule is COc1ccc(C(=O)N[C@H]2CCCN(c3nc4ccccc4s3)C2)c(OC)n1. The standard InChI is InChI=1S/C20H22N4O3S/c1-26-17-10-9-14(19(23-17)27-2)18(25)21-13-6-5-11-24(12-13)20-22-15-7-3-4-8-16(15)28-20/h3-4,7-10,13H,5-6,11-12H2,1-2H3,(H,21,25)/t13-/m0/s1. The van der Waals surface area contributed by atoms with Crippen molar-refractivity contribution in [2.45, 2.75) is 18.9 Å². The molecule has 3 aromatic rings. The number of hydrogen-bond donors (Lipinski definition) is 1. The second kappa shape index (κ2) is 8.02. The maximum absolute atomic E-state index is 12.8. The normalized spacial score (nSPS) is 16.8. The Labute approximate surface area is 167 Å². The predicted molar refractivity (Wildman–Crippen MR) is 110 cm³/mol. The first-order valence-corrected chi connectivity index (χ1v) is 10.00. The fourth-order valence-electron chi connectivity index (χ4n) is 3.39. The predicted octanol–water partition coefficient (Wildman–Crippen LogP) is 3.11. The molecule has 1 aliphatic heterocycles. The highest BCUT2D eigenvalue weighted by Crippen LogP contribution is 2.30. The molecule has 1 amide bonds. The molecule has 1 N–H and O–H groups in total. The number of fused-ring (bicyclic) bond motifs is 1. The van der Waals surface area contributed by atoms with Gasteiger partial charge >= 0.3 is 0 Å². The number of nitrogens with one attached hydrogen (secondary N) is 1. The van der Waals surface area contributed by atoms with Crippen LogP contribution < -0.4 is 19.7 Å². The van der Waals surface area contributed by atoms with E-state index in [4.69, 9.17) is 14.5 Å². The third-order valence-corrected chi connectivity index (χ3v) is 5.89. The number of carbonyl (C=O) groups excluding carboxylic acids is 1. The molecule has 4 rings (SSSR count). The van der Waals surface area contributed by atoms with E-state index < -0.39 is 0 Å². The third-order valence-electron chi connectivity index (χ3n) is 4.79. The molecule has 28 heavy (non-hydrogen) atoms. The molecule has 7 nitrogen and oxygen atoms in total. The van der Waals surface area contributed by atoms with Crippen LogP contribution in [0.15, 0.2) is 36.4 Å². The largest absolute Gasteiger partial charge is 0.481 e. The molecule has 146 valence electrons. The first kappa shape index (κ1) is 18.5. The summed E-state index contributed by atoms with van der Waals surface area (Å²) in [5.74, 6) is 0.479. The van der Waals surface area contributed by atoms with Crippen molar-refractivity contribution in [2.24, 2.45) is 0 Å². The highest BCUT2D eigenvalue weighted by atomic mass is 32.1. The van der Waals surface area contributed by atoms with Crippen LogP contribution in [0.4, 0.5) is 5.13 Å². The number of para-hydroxylation sites is 1. The summed E-state index contributed by atoms with van der Waals surface area (Å²) in [6.07, 6.45) is 1.93. The summed E-state index contributed by atoms with van der Waals surface area (Å²) in [7, 11) is 3.02. The van der Waals surface area contributed by atoms with Crippen LogP contribution in [0.5, 0.6) is 11.8 Å². The van der Waals surface area contributed by atoms with Gasteiger partial charge in [-0.05, 0) is 31.0 Å². The summed E-state index contributed by atoms with van der Waals surface area (Å²) in [5.41, 5.74) is 1.42. The Morgan fingerprint density at radius 1 is 1.18 bits per heavy atom. The molecule has 0 bridgehead atoms. The van der Waals surface area contributed by atoms with Crippen LogP contribution >= 0.6 is 11.3 Å². The lowest BCUT2D eigenvalue weighted by Crippen LogP contribution is -2.47. The van der Waals surface area contributed by atoms with Gasteiger partial charge in [-0.15, -0.1) is 0 Å². The van der Waals surface area contributed by atoms with Gasteiger partial charge in [-0.2, -0.15) is 4.98 Å². The van der Waals surface area contributed by atoms with E-state index in [9.17, 15) is 4.79 Å². The Kier molecular flexibility index (Phi) is 5.29. The number of carbonyl (C=O) groups is 1. The number of amides is 1. The number of pyridine rings is 1. The van der Waals surface area contributed by atoms with Crippen LogP contribution in [0.3, 0.4) is 0 Å². The molecule has 1 atom stereocenters. The van der Waals surface area contributed by atoms with E-state index in [1.165, 1.54) is 18.9 Å². The van der Waals surface area contributed by atoms with Crippen molar-refractivity contribution in [3.8, 4) is 11.8 Å². The average molecular weight is 398 g/mol. The van der Waals surface area contributed by atoms with Gasteiger partial charge in [0.1, 0.15) is 5.56 Å². The number of ether oxygens (including phenoxy) is 2. The molecular weight excluding hydrogens is 376 g/mol. The van der Waals surface area contributed by atoms with Crippen LogP contribution in [-0.4, -0.2) is 49.2 Å². The number of nitrogens with zero attached hydrogens (tertiary/aromatic N) is 3. The Balaban J connectivity index is 1.47. The summed E-state index contributed by atoms with van der Waals surface area (Å²) in [4.78, 5) is 24.0. The van der Waals surface area contributed by atoms with E-state index >= 15 is 0 Å². The van der Waals surface area contributed by atoms with Gasteiger partial charge in [-0.1, -0.05) is 23.5 Å². The summed E-state index contributed by atoms with van der Waals surface area (Å²) < 4.78 is 11.5. The van der Waals surface area contributed by atoms with E-state index in [0.29, 0.717) is 11.4 Å². The quantitative estimate of drug-likeness (QED) is 0.712. The van der Waals surface area contributed by atoms with E-state index in [1.54, 1.807) is 23.5 Å². The Morgan fingerprint density at radius 3 is 2.82 bits per heavy atom. The highest BCUT2D eigenvalue weighted by Gasteiger charge is 2.25. The van der Waals surface area contributed by atoms with Crippen LogP contribution in [0, 0.1) is 0 Å². The lowest BCUT2D eigenvalue weighted by molar-refractivity contribution is 0.0929. The number of methoxy groups -OCH3 is 2. The van der Waals surface area contributed by atoms with Crippen molar-refractivity contribution in [3.63, 3.8) is 0 Å². The zero-order valence-corrected chi connectivity index (χ0v) is 16.7. The van der Waals surface area contributed by atoms with Crippen LogP contribution in [0.2, 0.25) is 0 Å². The minimum Gasteiger partial charge on any atom is -0.481 e. The fourth-order valence-corrected chi connectivity index (χ4v) is 4.39. The lowest BCUT2D eigenvalue weighted by Gasteiger charge is -2.33. The van der Waals surface area contributed by atoms with Gasteiger partial charge in [-0.25, -0.2) is 4.98 Å².